The summed E-state index contributed by atoms with van der Waals surface area (Å²) in [5.74, 6) is 0.716. The molecule has 0 radical (unpaired) electrons. The van der Waals surface area contributed by atoms with E-state index in [0.717, 1.165) is 37.1 Å². The third kappa shape index (κ3) is 3.91. The fourth-order valence-electron chi connectivity index (χ4n) is 3.02. The molecule has 0 atom stereocenters. The Morgan fingerprint density at radius 3 is 2.58 bits per heavy atom. The monoisotopic (exact) mass is 329 g/mol. The van der Waals surface area contributed by atoms with Gasteiger partial charge in [0.15, 0.2) is 5.82 Å². The van der Waals surface area contributed by atoms with Gasteiger partial charge in [-0.1, -0.05) is 0 Å². The number of hydrogen-bond donors (Lipinski definition) is 3. The Balaban J connectivity index is 1.58. The van der Waals surface area contributed by atoms with Gasteiger partial charge in [0, 0.05) is 11.7 Å². The molecule has 3 N–H and O–H groups in total. The first kappa shape index (κ1) is 16.4. The lowest BCUT2D eigenvalue weighted by Crippen LogP contribution is -2.40. The Morgan fingerprint density at radius 1 is 1.25 bits per heavy atom. The largest absolute Gasteiger partial charge is 0.393 e. The van der Waals surface area contributed by atoms with Crippen molar-refractivity contribution in [3.05, 3.63) is 35.8 Å². The van der Waals surface area contributed by atoms with Crippen molar-refractivity contribution in [2.75, 3.05) is 5.32 Å². The number of anilines is 1. The number of hydrogen-bond acceptors (Lipinski definition) is 4. The molecular formula is C17H23N5O2. The number of nitrogens with one attached hydrogen (secondary N) is 2. The summed E-state index contributed by atoms with van der Waals surface area (Å²) in [7, 11) is 0. The van der Waals surface area contributed by atoms with Crippen molar-refractivity contribution in [2.24, 2.45) is 0 Å². The normalized spacial score (nSPS) is 20.6. The van der Waals surface area contributed by atoms with E-state index in [4.69, 9.17) is 0 Å². The number of aromatic nitrogens is 3. The molecular weight excluding hydrogens is 306 g/mol. The number of carbonyl (C=O) groups is 1. The van der Waals surface area contributed by atoms with E-state index in [9.17, 15) is 9.90 Å². The maximum absolute atomic E-state index is 12.0. The van der Waals surface area contributed by atoms with Crippen LogP contribution in [0.5, 0.6) is 0 Å². The predicted molar refractivity (Wildman–Crippen MR) is 91.3 cm³/mol. The van der Waals surface area contributed by atoms with Gasteiger partial charge in [0.05, 0.1) is 23.7 Å². The minimum absolute atomic E-state index is 0.121. The van der Waals surface area contributed by atoms with Crippen LogP contribution in [0.3, 0.4) is 0 Å². The zero-order chi connectivity index (χ0) is 17.1. The maximum atomic E-state index is 12.0. The molecule has 0 spiro atoms. The molecule has 1 fully saturated rings. The molecule has 0 unspecified atom stereocenters. The highest BCUT2D eigenvalue weighted by Gasteiger charge is 2.20. The quantitative estimate of drug-likeness (QED) is 0.806. The van der Waals surface area contributed by atoms with Crippen molar-refractivity contribution in [3.63, 3.8) is 0 Å². The molecule has 2 aromatic heterocycles. The number of rotatable bonds is 3. The van der Waals surface area contributed by atoms with Crippen molar-refractivity contribution in [1.29, 1.82) is 0 Å². The minimum atomic E-state index is -0.239. The van der Waals surface area contributed by atoms with Gasteiger partial charge in [-0.3, -0.25) is 0 Å². The summed E-state index contributed by atoms with van der Waals surface area (Å²) in [5.41, 5.74) is 2.58. The van der Waals surface area contributed by atoms with Gasteiger partial charge < -0.3 is 15.7 Å². The molecule has 2 heterocycles. The van der Waals surface area contributed by atoms with Crippen molar-refractivity contribution in [3.8, 4) is 5.82 Å². The molecule has 0 saturated heterocycles. The molecule has 3 rings (SSSR count). The second-order valence-electron chi connectivity index (χ2n) is 6.35. The van der Waals surface area contributed by atoms with E-state index in [2.05, 4.69) is 20.7 Å². The first-order valence-electron chi connectivity index (χ1n) is 8.26. The van der Waals surface area contributed by atoms with Gasteiger partial charge >= 0.3 is 6.03 Å². The molecule has 7 heteroatoms. The molecule has 2 aromatic rings. The van der Waals surface area contributed by atoms with Crippen LogP contribution in [-0.2, 0) is 0 Å². The molecule has 0 aliphatic heterocycles. The average molecular weight is 329 g/mol. The number of urea groups is 1. The van der Waals surface area contributed by atoms with E-state index in [-0.39, 0.29) is 18.2 Å². The standard InChI is InChI=1S/C17H23N5O2/c1-11-9-12(2)22(21-11)16-8-5-14(10-18-16)20-17(24)19-13-3-6-15(23)7-4-13/h5,8-10,13,15,23H,3-4,6-7H2,1-2H3,(H2,19,20,24). The zero-order valence-corrected chi connectivity index (χ0v) is 14.0. The molecule has 128 valence electrons. The molecule has 24 heavy (non-hydrogen) atoms. The number of carbonyl (C=O) groups excluding carboxylic acids is 1. The van der Waals surface area contributed by atoms with E-state index >= 15 is 0 Å². The average Bonchev–Trinajstić information content (AvgIpc) is 2.89. The van der Waals surface area contributed by atoms with E-state index in [0.29, 0.717) is 11.5 Å². The fourth-order valence-corrected chi connectivity index (χ4v) is 3.02. The van der Waals surface area contributed by atoms with Crippen LogP contribution in [0.1, 0.15) is 37.1 Å². The van der Waals surface area contributed by atoms with Crippen LogP contribution in [-0.4, -0.2) is 38.0 Å². The van der Waals surface area contributed by atoms with Crippen LogP contribution in [0.4, 0.5) is 10.5 Å². The van der Waals surface area contributed by atoms with E-state index < -0.39 is 0 Å². The molecule has 2 amide bonds. The predicted octanol–water partition coefficient (Wildman–Crippen LogP) is 2.31. The number of aryl methyl sites for hydroxylation is 2. The summed E-state index contributed by atoms with van der Waals surface area (Å²) >= 11 is 0. The summed E-state index contributed by atoms with van der Waals surface area (Å²) < 4.78 is 1.77. The van der Waals surface area contributed by atoms with Crippen molar-refractivity contribution in [2.45, 2.75) is 51.7 Å². The molecule has 7 nitrogen and oxygen atoms in total. The Kier molecular flexibility index (Phi) is 4.80. The Hall–Kier alpha value is -2.41. The molecule has 1 aliphatic rings. The topological polar surface area (TPSA) is 92.1 Å². The maximum Gasteiger partial charge on any atom is 0.319 e. The summed E-state index contributed by atoms with van der Waals surface area (Å²) in [6.45, 7) is 3.91. The smallest absolute Gasteiger partial charge is 0.319 e. The van der Waals surface area contributed by atoms with Gasteiger partial charge in [0.25, 0.3) is 0 Å². The molecule has 1 aliphatic carbocycles. The van der Waals surface area contributed by atoms with Crippen molar-refractivity contribution < 1.29 is 9.90 Å². The van der Waals surface area contributed by atoms with Crippen LogP contribution in [0.25, 0.3) is 5.82 Å². The van der Waals surface area contributed by atoms with Crippen molar-refractivity contribution >= 4 is 11.7 Å². The lowest BCUT2D eigenvalue weighted by Gasteiger charge is -2.26. The number of nitrogens with zero attached hydrogens (tertiary/aromatic N) is 3. The summed E-state index contributed by atoms with van der Waals surface area (Å²) in [4.78, 5) is 16.4. The van der Waals surface area contributed by atoms with Gasteiger partial charge in [-0.05, 0) is 57.7 Å². The first-order valence-corrected chi connectivity index (χ1v) is 8.26. The summed E-state index contributed by atoms with van der Waals surface area (Å²) in [6.07, 6.45) is 4.49. The highest BCUT2D eigenvalue weighted by Crippen LogP contribution is 2.18. The SMILES string of the molecule is Cc1cc(C)n(-c2ccc(NC(=O)NC3CCC(O)CC3)cn2)n1. The third-order valence-corrected chi connectivity index (χ3v) is 4.26. The van der Waals surface area contributed by atoms with Gasteiger partial charge in [0.1, 0.15) is 0 Å². The van der Waals surface area contributed by atoms with Crippen LogP contribution in [0.15, 0.2) is 24.4 Å². The van der Waals surface area contributed by atoms with Crippen LogP contribution in [0.2, 0.25) is 0 Å². The number of aliphatic hydroxyl groups is 1. The van der Waals surface area contributed by atoms with E-state index in [1.807, 2.05) is 32.0 Å². The number of aliphatic hydroxyl groups excluding tert-OH is 1. The lowest BCUT2D eigenvalue weighted by atomic mass is 9.93. The van der Waals surface area contributed by atoms with Gasteiger partial charge in [-0.15, -0.1) is 0 Å². The Morgan fingerprint density at radius 2 is 2.00 bits per heavy atom. The number of amides is 2. The molecule has 0 aromatic carbocycles. The zero-order valence-electron chi connectivity index (χ0n) is 14.0. The second kappa shape index (κ2) is 7.00. The minimum Gasteiger partial charge on any atom is -0.393 e. The fraction of sp³-hybridized carbons (Fsp3) is 0.471. The van der Waals surface area contributed by atoms with Crippen LogP contribution >= 0.6 is 0 Å². The number of pyridine rings is 1. The van der Waals surface area contributed by atoms with Gasteiger partial charge in [0.2, 0.25) is 0 Å². The van der Waals surface area contributed by atoms with E-state index in [1.165, 1.54) is 0 Å². The highest BCUT2D eigenvalue weighted by molar-refractivity contribution is 5.89. The van der Waals surface area contributed by atoms with Gasteiger partial charge in [-0.2, -0.15) is 5.10 Å². The Bertz CT molecular complexity index is 702. The van der Waals surface area contributed by atoms with Crippen molar-refractivity contribution in [1.82, 2.24) is 20.1 Å². The first-order chi connectivity index (χ1) is 11.5. The summed E-state index contributed by atoms with van der Waals surface area (Å²) in [5, 5.41) is 19.6. The van der Waals surface area contributed by atoms with Crippen LogP contribution in [0, 0.1) is 13.8 Å². The third-order valence-electron chi connectivity index (χ3n) is 4.26. The van der Waals surface area contributed by atoms with Crippen LogP contribution < -0.4 is 10.6 Å². The second-order valence-corrected chi connectivity index (χ2v) is 6.35. The molecule has 1 saturated carbocycles. The van der Waals surface area contributed by atoms with E-state index in [1.54, 1.807) is 10.9 Å². The molecule has 0 bridgehead atoms. The summed E-state index contributed by atoms with van der Waals surface area (Å²) in [6, 6.07) is 5.50. The Labute approximate surface area is 141 Å². The van der Waals surface area contributed by atoms with Gasteiger partial charge in [-0.25, -0.2) is 14.5 Å². The lowest BCUT2D eigenvalue weighted by molar-refractivity contribution is 0.118. The highest BCUT2D eigenvalue weighted by atomic mass is 16.3.